The zero-order chi connectivity index (χ0) is 21.7. The van der Waals surface area contributed by atoms with Crippen LogP contribution in [-0.2, 0) is 9.53 Å². The Morgan fingerprint density at radius 2 is 1.67 bits per heavy atom. The Balaban J connectivity index is 1.95. The lowest BCUT2D eigenvalue weighted by Crippen LogP contribution is -2.42. The maximum absolute atomic E-state index is 13.1. The maximum atomic E-state index is 13.1. The first-order chi connectivity index (χ1) is 14.4. The van der Waals surface area contributed by atoms with Crippen LogP contribution in [0.5, 0.6) is 0 Å². The molecule has 0 saturated carbocycles. The van der Waals surface area contributed by atoms with Gasteiger partial charge in [0.05, 0.1) is 16.8 Å². The largest absolute Gasteiger partial charge is 0.444 e. The molecule has 0 aliphatic carbocycles. The highest BCUT2D eigenvalue weighted by Gasteiger charge is 2.29. The second-order valence-electron chi connectivity index (χ2n) is 6.76. The summed E-state index contributed by atoms with van der Waals surface area (Å²) in [5.41, 5.74) is 2.76. The van der Waals surface area contributed by atoms with E-state index < -0.39 is 24.0 Å². The SMILES string of the molecule is CCNC(=O)NC(=O)[C@H](OC(=O)c1c(C)nc2ccccc2c1C)c1ccccc1. The van der Waals surface area contributed by atoms with Gasteiger partial charge in [0.2, 0.25) is 6.10 Å². The molecule has 30 heavy (non-hydrogen) atoms. The molecule has 2 N–H and O–H groups in total. The molecule has 0 spiro atoms. The van der Waals surface area contributed by atoms with Gasteiger partial charge in [0.25, 0.3) is 5.91 Å². The highest BCUT2D eigenvalue weighted by atomic mass is 16.5. The molecular weight excluding hydrogens is 382 g/mol. The molecule has 0 bridgehead atoms. The number of pyridine rings is 1. The number of benzene rings is 2. The van der Waals surface area contributed by atoms with Crippen LogP contribution in [0.1, 0.15) is 40.2 Å². The van der Waals surface area contributed by atoms with Crippen LogP contribution >= 0.6 is 0 Å². The molecule has 1 heterocycles. The zero-order valence-corrected chi connectivity index (χ0v) is 17.1. The summed E-state index contributed by atoms with van der Waals surface area (Å²) in [5, 5.41) is 5.53. The fourth-order valence-electron chi connectivity index (χ4n) is 3.28. The second kappa shape index (κ2) is 9.17. The number of aromatic nitrogens is 1. The minimum absolute atomic E-state index is 0.306. The number of carbonyl (C=O) groups is 3. The molecule has 0 radical (unpaired) electrons. The normalized spacial score (nSPS) is 11.6. The summed E-state index contributed by atoms with van der Waals surface area (Å²) in [5.74, 6) is -1.41. The van der Waals surface area contributed by atoms with E-state index in [9.17, 15) is 14.4 Å². The molecule has 3 amide bonds. The number of ether oxygens (including phenoxy) is 1. The predicted octanol–water partition coefficient (Wildman–Crippen LogP) is 3.60. The van der Waals surface area contributed by atoms with Gasteiger partial charge in [0, 0.05) is 17.5 Å². The van der Waals surface area contributed by atoms with Crippen molar-refractivity contribution in [2.45, 2.75) is 26.9 Å². The van der Waals surface area contributed by atoms with E-state index in [0.29, 0.717) is 23.4 Å². The van der Waals surface area contributed by atoms with Crippen LogP contribution in [0, 0.1) is 13.8 Å². The third-order valence-electron chi connectivity index (χ3n) is 4.68. The Morgan fingerprint density at radius 1 is 1.00 bits per heavy atom. The van der Waals surface area contributed by atoms with Crippen molar-refractivity contribution in [2.24, 2.45) is 0 Å². The summed E-state index contributed by atoms with van der Waals surface area (Å²) >= 11 is 0. The Bertz CT molecular complexity index is 1100. The molecular formula is C23H23N3O4. The second-order valence-corrected chi connectivity index (χ2v) is 6.76. The number of rotatable bonds is 5. The standard InChI is InChI=1S/C23H23N3O4/c1-4-24-23(29)26-21(27)20(16-10-6-5-7-11-16)30-22(28)19-14(2)17-12-8-9-13-18(17)25-15(19)3/h5-13,20H,4H2,1-3H3,(H2,24,26,27,29)/t20-/m1/s1. The number of amides is 3. The van der Waals surface area contributed by atoms with Gasteiger partial charge in [-0.2, -0.15) is 0 Å². The first-order valence-corrected chi connectivity index (χ1v) is 9.63. The van der Waals surface area contributed by atoms with Crippen LogP contribution in [0.25, 0.3) is 10.9 Å². The predicted molar refractivity (Wildman–Crippen MR) is 113 cm³/mol. The van der Waals surface area contributed by atoms with E-state index >= 15 is 0 Å². The summed E-state index contributed by atoms with van der Waals surface area (Å²) < 4.78 is 5.60. The quantitative estimate of drug-likeness (QED) is 0.632. The van der Waals surface area contributed by atoms with Crippen molar-refractivity contribution < 1.29 is 19.1 Å². The van der Waals surface area contributed by atoms with Gasteiger partial charge in [-0.1, -0.05) is 48.5 Å². The zero-order valence-electron chi connectivity index (χ0n) is 17.1. The average Bonchev–Trinajstić information content (AvgIpc) is 2.72. The van der Waals surface area contributed by atoms with Crippen molar-refractivity contribution in [3.63, 3.8) is 0 Å². The Morgan fingerprint density at radius 3 is 2.37 bits per heavy atom. The number of nitrogens with zero attached hydrogens (tertiary/aromatic N) is 1. The van der Waals surface area contributed by atoms with Gasteiger partial charge in [0.15, 0.2) is 0 Å². The van der Waals surface area contributed by atoms with Crippen LogP contribution in [-0.4, -0.2) is 29.4 Å². The number of urea groups is 1. The van der Waals surface area contributed by atoms with Gasteiger partial charge >= 0.3 is 12.0 Å². The fourth-order valence-corrected chi connectivity index (χ4v) is 3.28. The van der Waals surface area contributed by atoms with Crippen molar-refractivity contribution >= 4 is 28.8 Å². The number of para-hydroxylation sites is 1. The molecule has 0 unspecified atom stereocenters. The van der Waals surface area contributed by atoms with Crippen molar-refractivity contribution in [1.82, 2.24) is 15.6 Å². The van der Waals surface area contributed by atoms with Crippen LogP contribution < -0.4 is 10.6 Å². The minimum Gasteiger partial charge on any atom is -0.444 e. The number of nitrogens with one attached hydrogen (secondary N) is 2. The number of hydrogen-bond acceptors (Lipinski definition) is 5. The number of aryl methyl sites for hydroxylation is 2. The van der Waals surface area contributed by atoms with E-state index in [-0.39, 0.29) is 0 Å². The summed E-state index contributed by atoms with van der Waals surface area (Å²) in [6.07, 6.45) is -1.29. The number of fused-ring (bicyclic) bond motifs is 1. The molecule has 0 aliphatic heterocycles. The summed E-state index contributed by atoms with van der Waals surface area (Å²) in [6.45, 7) is 5.63. The van der Waals surface area contributed by atoms with Crippen LogP contribution in [0.15, 0.2) is 54.6 Å². The van der Waals surface area contributed by atoms with Gasteiger partial charge in [0.1, 0.15) is 0 Å². The van der Waals surface area contributed by atoms with Crippen molar-refractivity contribution in [2.75, 3.05) is 6.54 Å². The Kier molecular flexibility index (Phi) is 6.41. The third kappa shape index (κ3) is 4.46. The lowest BCUT2D eigenvalue weighted by molar-refractivity contribution is -0.129. The maximum Gasteiger partial charge on any atom is 0.341 e. The molecule has 0 saturated heterocycles. The Hall–Kier alpha value is -3.74. The summed E-state index contributed by atoms with van der Waals surface area (Å²) in [7, 11) is 0. The lowest BCUT2D eigenvalue weighted by Gasteiger charge is -2.19. The van der Waals surface area contributed by atoms with Crippen LogP contribution in [0.2, 0.25) is 0 Å². The molecule has 3 aromatic rings. The molecule has 7 heteroatoms. The molecule has 0 fully saturated rings. The lowest BCUT2D eigenvalue weighted by atomic mass is 10.0. The molecule has 0 aliphatic rings. The third-order valence-corrected chi connectivity index (χ3v) is 4.68. The van der Waals surface area contributed by atoms with Crippen molar-refractivity contribution in [1.29, 1.82) is 0 Å². The minimum atomic E-state index is -1.29. The molecule has 3 rings (SSSR count). The number of esters is 1. The number of imide groups is 1. The summed E-state index contributed by atoms with van der Waals surface area (Å²) in [6, 6.07) is 15.4. The number of carbonyl (C=O) groups excluding carboxylic acids is 3. The molecule has 2 aromatic carbocycles. The van der Waals surface area contributed by atoms with Crippen LogP contribution in [0.3, 0.4) is 0 Å². The van der Waals surface area contributed by atoms with Crippen molar-refractivity contribution in [3.8, 4) is 0 Å². The van der Waals surface area contributed by atoms with E-state index in [1.165, 1.54) is 0 Å². The summed E-state index contributed by atoms with van der Waals surface area (Å²) in [4.78, 5) is 42.1. The van der Waals surface area contributed by atoms with Gasteiger partial charge in [-0.3, -0.25) is 15.1 Å². The van der Waals surface area contributed by atoms with E-state index in [4.69, 9.17) is 4.74 Å². The molecule has 7 nitrogen and oxygen atoms in total. The molecule has 1 aromatic heterocycles. The average molecular weight is 405 g/mol. The van der Waals surface area contributed by atoms with Gasteiger partial charge < -0.3 is 10.1 Å². The molecule has 1 atom stereocenters. The smallest absolute Gasteiger partial charge is 0.341 e. The van der Waals surface area contributed by atoms with E-state index in [2.05, 4.69) is 15.6 Å². The van der Waals surface area contributed by atoms with E-state index in [0.717, 1.165) is 16.5 Å². The Labute approximate surface area is 174 Å². The fraction of sp³-hybridized carbons (Fsp3) is 0.217. The monoisotopic (exact) mass is 405 g/mol. The topological polar surface area (TPSA) is 97.4 Å². The van der Waals surface area contributed by atoms with Crippen molar-refractivity contribution in [3.05, 3.63) is 77.0 Å². The van der Waals surface area contributed by atoms with E-state index in [1.54, 1.807) is 44.2 Å². The first-order valence-electron chi connectivity index (χ1n) is 9.63. The number of hydrogen-bond donors (Lipinski definition) is 2. The van der Waals surface area contributed by atoms with E-state index in [1.807, 2.05) is 31.2 Å². The van der Waals surface area contributed by atoms with Crippen LogP contribution in [0.4, 0.5) is 4.79 Å². The van der Waals surface area contributed by atoms with Gasteiger partial charge in [-0.25, -0.2) is 9.59 Å². The highest BCUT2D eigenvalue weighted by molar-refractivity contribution is 6.01. The van der Waals surface area contributed by atoms with Gasteiger partial charge in [-0.05, 0) is 32.4 Å². The first kappa shape index (κ1) is 21.0. The molecule has 154 valence electrons. The highest BCUT2D eigenvalue weighted by Crippen LogP contribution is 2.26. The van der Waals surface area contributed by atoms with Gasteiger partial charge in [-0.15, -0.1) is 0 Å².